The van der Waals surface area contributed by atoms with E-state index in [1.54, 1.807) is 16.7 Å². The van der Waals surface area contributed by atoms with Crippen molar-refractivity contribution < 1.29 is 9.53 Å². The second kappa shape index (κ2) is 10.2. The van der Waals surface area contributed by atoms with E-state index < -0.39 is 0 Å². The fourth-order valence-corrected chi connectivity index (χ4v) is 4.03. The normalized spacial score (nSPS) is 10.8. The topological polar surface area (TPSA) is 73.2 Å². The Balaban J connectivity index is 1.47. The number of carbonyl (C=O) groups excluding carboxylic acids is 1. The van der Waals surface area contributed by atoms with Crippen LogP contribution < -0.4 is 15.6 Å². The molecule has 7 heteroatoms. The number of nitrogens with one attached hydrogen (secondary N) is 1. The lowest BCUT2D eigenvalue weighted by molar-refractivity contribution is -0.118. The van der Waals surface area contributed by atoms with E-state index in [1.807, 2.05) is 73.7 Å². The lowest BCUT2D eigenvalue weighted by Crippen LogP contribution is -2.30. The molecule has 0 bridgehead atoms. The molecule has 0 aliphatic rings. The number of hydrogen-bond acceptors (Lipinski definition) is 5. The highest BCUT2D eigenvalue weighted by Crippen LogP contribution is 2.21. The summed E-state index contributed by atoms with van der Waals surface area (Å²) >= 11 is 1.24. The van der Waals surface area contributed by atoms with Crippen molar-refractivity contribution in [1.29, 1.82) is 0 Å². The zero-order valence-electron chi connectivity index (χ0n) is 17.7. The summed E-state index contributed by atoms with van der Waals surface area (Å²) in [7, 11) is 0. The summed E-state index contributed by atoms with van der Waals surface area (Å²) in [5.74, 6) is 0.755. The Kier molecular flexibility index (Phi) is 6.87. The first kappa shape index (κ1) is 21.6. The molecular weight excluding hydrogens is 422 g/mol. The average molecular weight is 446 g/mol. The Morgan fingerprint density at radius 1 is 1.00 bits per heavy atom. The summed E-state index contributed by atoms with van der Waals surface area (Å²) in [6, 6.07) is 24.4. The first-order chi connectivity index (χ1) is 15.6. The molecule has 0 atom stereocenters. The molecule has 0 unspecified atom stereocenters. The predicted molar refractivity (Wildman–Crippen MR) is 128 cm³/mol. The lowest BCUT2D eigenvalue weighted by Gasteiger charge is -2.13. The van der Waals surface area contributed by atoms with E-state index >= 15 is 0 Å². The summed E-state index contributed by atoms with van der Waals surface area (Å²) in [5, 5.41) is 3.86. The quantitative estimate of drug-likeness (QED) is 0.252. The van der Waals surface area contributed by atoms with Crippen LogP contribution >= 0.6 is 11.8 Å². The first-order valence-corrected chi connectivity index (χ1v) is 11.3. The van der Waals surface area contributed by atoms with E-state index in [0.29, 0.717) is 29.2 Å². The second-order valence-electron chi connectivity index (χ2n) is 7.19. The highest BCUT2D eigenvalue weighted by atomic mass is 32.2. The fourth-order valence-electron chi connectivity index (χ4n) is 3.19. The summed E-state index contributed by atoms with van der Waals surface area (Å²) in [4.78, 5) is 30.2. The van der Waals surface area contributed by atoms with Crippen LogP contribution in [0.15, 0.2) is 88.8 Å². The molecule has 0 saturated heterocycles. The zero-order chi connectivity index (χ0) is 22.3. The van der Waals surface area contributed by atoms with E-state index in [2.05, 4.69) is 10.3 Å². The maximum absolute atomic E-state index is 13.2. The lowest BCUT2D eigenvalue weighted by atomic mass is 10.2. The molecule has 4 rings (SSSR count). The van der Waals surface area contributed by atoms with Crippen molar-refractivity contribution in [3.8, 4) is 11.4 Å². The maximum Gasteiger partial charge on any atom is 0.266 e. The molecular formula is C25H23N3O3S. The molecule has 1 heterocycles. The Morgan fingerprint density at radius 3 is 2.50 bits per heavy atom. The third-order valence-corrected chi connectivity index (χ3v) is 5.74. The fraction of sp³-hybridized carbons (Fsp3) is 0.160. The number of aryl methyl sites for hydroxylation is 1. The minimum absolute atomic E-state index is 0.141. The molecule has 0 saturated carbocycles. The molecule has 0 aliphatic heterocycles. The third kappa shape index (κ3) is 5.18. The Labute approximate surface area is 190 Å². The van der Waals surface area contributed by atoms with Gasteiger partial charge in [-0.15, -0.1) is 0 Å². The van der Waals surface area contributed by atoms with E-state index in [4.69, 9.17) is 4.74 Å². The van der Waals surface area contributed by atoms with Gasteiger partial charge in [0.25, 0.3) is 5.56 Å². The number of nitrogens with zero attached hydrogens (tertiary/aromatic N) is 2. The number of rotatable bonds is 8. The number of benzene rings is 3. The van der Waals surface area contributed by atoms with Crippen LogP contribution in [0.5, 0.6) is 5.75 Å². The number of thioether (sulfide) groups is 1. The first-order valence-electron chi connectivity index (χ1n) is 10.3. The number of para-hydroxylation sites is 2. The maximum atomic E-state index is 13.2. The predicted octanol–water partition coefficient (Wildman–Crippen LogP) is 3.98. The van der Waals surface area contributed by atoms with Gasteiger partial charge in [0.1, 0.15) is 12.4 Å². The van der Waals surface area contributed by atoms with Gasteiger partial charge >= 0.3 is 0 Å². The molecule has 0 spiro atoms. The standard InChI is InChI=1S/C25H23N3O3S/c1-18-11-13-19(14-12-18)28-24(30)21-9-5-6-10-22(21)27-25(28)32-17-23(29)26-15-16-31-20-7-3-2-4-8-20/h2-14H,15-17H2,1H3,(H,26,29). The second-order valence-corrected chi connectivity index (χ2v) is 8.13. The number of ether oxygens (including phenoxy) is 1. The van der Waals surface area contributed by atoms with Crippen molar-refractivity contribution in [3.05, 3.63) is 94.8 Å². The number of fused-ring (bicyclic) bond motifs is 1. The molecule has 1 aromatic heterocycles. The summed E-state index contributed by atoms with van der Waals surface area (Å²) in [5.41, 5.74) is 2.28. The molecule has 0 radical (unpaired) electrons. The van der Waals surface area contributed by atoms with Crippen molar-refractivity contribution >= 4 is 28.6 Å². The number of hydrogen-bond donors (Lipinski definition) is 1. The van der Waals surface area contributed by atoms with Crippen LogP contribution in [-0.4, -0.2) is 34.4 Å². The molecule has 1 N–H and O–H groups in total. The third-order valence-electron chi connectivity index (χ3n) is 4.81. The van der Waals surface area contributed by atoms with Gasteiger partial charge in [0.05, 0.1) is 28.9 Å². The van der Waals surface area contributed by atoms with Crippen LogP contribution in [0.1, 0.15) is 5.56 Å². The van der Waals surface area contributed by atoms with E-state index in [1.165, 1.54) is 11.8 Å². The zero-order valence-corrected chi connectivity index (χ0v) is 18.5. The average Bonchev–Trinajstić information content (AvgIpc) is 2.82. The molecule has 0 fully saturated rings. The van der Waals surface area contributed by atoms with Crippen molar-refractivity contribution in [3.63, 3.8) is 0 Å². The van der Waals surface area contributed by atoms with Crippen molar-refractivity contribution in [1.82, 2.24) is 14.9 Å². The van der Waals surface area contributed by atoms with Gasteiger partial charge in [-0.25, -0.2) is 4.98 Å². The number of aromatic nitrogens is 2. The smallest absolute Gasteiger partial charge is 0.266 e. The van der Waals surface area contributed by atoms with E-state index in [-0.39, 0.29) is 17.2 Å². The van der Waals surface area contributed by atoms with Gasteiger partial charge in [0.2, 0.25) is 5.91 Å². The van der Waals surface area contributed by atoms with Gasteiger partial charge in [0.15, 0.2) is 5.16 Å². The summed E-state index contributed by atoms with van der Waals surface area (Å²) in [6.07, 6.45) is 0. The van der Waals surface area contributed by atoms with Crippen molar-refractivity contribution in [2.45, 2.75) is 12.1 Å². The minimum atomic E-state index is -0.154. The molecule has 4 aromatic rings. The van der Waals surface area contributed by atoms with Gasteiger partial charge in [-0.05, 0) is 43.3 Å². The van der Waals surface area contributed by atoms with Crippen LogP contribution in [0.4, 0.5) is 0 Å². The Hall–Kier alpha value is -3.58. The van der Waals surface area contributed by atoms with Crippen LogP contribution in [0.25, 0.3) is 16.6 Å². The molecule has 6 nitrogen and oxygen atoms in total. The van der Waals surface area contributed by atoms with E-state index in [9.17, 15) is 9.59 Å². The van der Waals surface area contributed by atoms with Gasteiger partial charge in [-0.3, -0.25) is 14.2 Å². The van der Waals surface area contributed by atoms with Gasteiger partial charge in [0, 0.05) is 0 Å². The van der Waals surface area contributed by atoms with Crippen LogP contribution in [-0.2, 0) is 4.79 Å². The Morgan fingerprint density at radius 2 is 1.72 bits per heavy atom. The van der Waals surface area contributed by atoms with Crippen LogP contribution in [0, 0.1) is 6.92 Å². The Bertz CT molecular complexity index is 1270. The molecule has 3 aromatic carbocycles. The molecule has 1 amide bonds. The van der Waals surface area contributed by atoms with Crippen molar-refractivity contribution in [2.75, 3.05) is 18.9 Å². The van der Waals surface area contributed by atoms with Gasteiger partial charge in [-0.1, -0.05) is 59.8 Å². The largest absolute Gasteiger partial charge is 0.492 e. The van der Waals surface area contributed by atoms with Crippen LogP contribution in [0.2, 0.25) is 0 Å². The van der Waals surface area contributed by atoms with Crippen molar-refractivity contribution in [2.24, 2.45) is 0 Å². The highest BCUT2D eigenvalue weighted by Gasteiger charge is 2.14. The van der Waals surface area contributed by atoms with Gasteiger partial charge < -0.3 is 10.1 Å². The molecule has 0 aliphatic carbocycles. The minimum Gasteiger partial charge on any atom is -0.492 e. The van der Waals surface area contributed by atoms with Crippen LogP contribution in [0.3, 0.4) is 0 Å². The monoisotopic (exact) mass is 445 g/mol. The molecule has 32 heavy (non-hydrogen) atoms. The summed E-state index contributed by atoms with van der Waals surface area (Å²) < 4.78 is 7.16. The molecule has 162 valence electrons. The highest BCUT2D eigenvalue weighted by molar-refractivity contribution is 7.99. The SMILES string of the molecule is Cc1ccc(-n2c(SCC(=O)NCCOc3ccccc3)nc3ccccc3c2=O)cc1. The number of carbonyl (C=O) groups is 1. The number of amides is 1. The van der Waals surface area contributed by atoms with Gasteiger partial charge in [-0.2, -0.15) is 0 Å². The van der Waals surface area contributed by atoms with E-state index in [0.717, 1.165) is 17.0 Å². The summed E-state index contributed by atoms with van der Waals surface area (Å²) in [6.45, 7) is 2.76.